The fraction of sp³-hybridized carbons (Fsp3) is 0.206. The van der Waals surface area contributed by atoms with Gasteiger partial charge in [-0.1, -0.05) is 55.5 Å². The minimum Gasteiger partial charge on any atom is -0.453 e. The third-order valence-electron chi connectivity index (χ3n) is 6.67. The first-order valence-electron chi connectivity index (χ1n) is 13.8. The van der Waals surface area contributed by atoms with Gasteiger partial charge in [-0.25, -0.2) is 8.78 Å². The lowest BCUT2D eigenvalue weighted by atomic mass is 10.0. The Morgan fingerprint density at radius 1 is 0.929 bits per heavy atom. The first kappa shape index (κ1) is 29.6. The maximum atomic E-state index is 15.1. The van der Waals surface area contributed by atoms with E-state index in [1.54, 1.807) is 47.9 Å². The van der Waals surface area contributed by atoms with Crippen LogP contribution >= 0.6 is 23.6 Å². The highest BCUT2D eigenvalue weighted by Gasteiger charge is 2.15. The summed E-state index contributed by atoms with van der Waals surface area (Å²) >= 11 is 6.98. The summed E-state index contributed by atoms with van der Waals surface area (Å²) in [6, 6.07) is 22.7. The van der Waals surface area contributed by atoms with Gasteiger partial charge in [0.2, 0.25) is 0 Å². The lowest BCUT2D eigenvalue weighted by molar-refractivity contribution is -0.117. The van der Waals surface area contributed by atoms with Crippen LogP contribution in [0.2, 0.25) is 0 Å². The van der Waals surface area contributed by atoms with E-state index in [0.717, 1.165) is 45.7 Å². The van der Waals surface area contributed by atoms with Gasteiger partial charge in [0.1, 0.15) is 17.3 Å². The van der Waals surface area contributed by atoms with Crippen molar-refractivity contribution in [2.75, 3.05) is 6.54 Å². The Kier molecular flexibility index (Phi) is 9.79. The van der Waals surface area contributed by atoms with Crippen LogP contribution in [0.15, 0.2) is 85.1 Å². The zero-order valence-electron chi connectivity index (χ0n) is 23.2. The molecule has 1 N–H and O–H groups in total. The van der Waals surface area contributed by atoms with E-state index in [9.17, 15) is 9.18 Å². The van der Waals surface area contributed by atoms with E-state index >= 15 is 4.39 Å². The fourth-order valence-electron chi connectivity index (χ4n) is 4.64. The summed E-state index contributed by atoms with van der Waals surface area (Å²) in [5.74, 6) is -0.290. The molecule has 0 unspecified atom stereocenters. The zero-order valence-corrected chi connectivity index (χ0v) is 24.8. The predicted molar refractivity (Wildman–Crippen MR) is 170 cm³/mol. The lowest BCUT2D eigenvalue weighted by Gasteiger charge is -2.10. The number of hydrogen-bond acceptors (Lipinski definition) is 6. The van der Waals surface area contributed by atoms with Crippen LogP contribution in [0, 0.1) is 11.6 Å². The quantitative estimate of drug-likeness (QED) is 0.108. The molecule has 0 spiro atoms. The highest BCUT2D eigenvalue weighted by Crippen LogP contribution is 2.39. The second kappa shape index (κ2) is 13.9. The van der Waals surface area contributed by atoms with Crippen LogP contribution in [0.1, 0.15) is 36.5 Å². The maximum Gasteiger partial charge on any atom is 0.166 e. The van der Waals surface area contributed by atoms with E-state index < -0.39 is 5.82 Å². The number of Topliss-reactive ketones (excluding diaryl/α,β-unsaturated/α-hetero) is 1. The highest BCUT2D eigenvalue weighted by molar-refractivity contribution is 7.80. The number of aromatic nitrogens is 1. The number of carbonyl (C=O) groups is 1. The third-order valence-corrected chi connectivity index (χ3v) is 8.15. The largest absolute Gasteiger partial charge is 0.453 e. The number of nitrogens with zero attached hydrogens (tertiary/aromatic N) is 1. The summed E-state index contributed by atoms with van der Waals surface area (Å²) in [6.45, 7) is 3.93. The highest BCUT2D eigenvalue weighted by atomic mass is 32.1. The van der Waals surface area contributed by atoms with Crippen LogP contribution in [-0.2, 0) is 24.2 Å². The number of nitrogens with one attached hydrogen (secondary N) is 1. The molecule has 0 saturated heterocycles. The molecule has 0 radical (unpaired) electrons. The van der Waals surface area contributed by atoms with Crippen LogP contribution < -0.4 is 10.1 Å². The summed E-state index contributed by atoms with van der Waals surface area (Å²) < 4.78 is 35.1. The normalized spacial score (nSPS) is 11.1. The summed E-state index contributed by atoms with van der Waals surface area (Å²) in [7, 11) is 0. The van der Waals surface area contributed by atoms with Gasteiger partial charge in [-0.05, 0) is 71.6 Å². The number of halogens is 2. The Labute approximate surface area is 253 Å². The number of ketones is 1. The molecular formula is C34H30F2N2O2S2. The number of rotatable bonds is 13. The van der Waals surface area contributed by atoms with Crippen molar-refractivity contribution < 1.29 is 18.3 Å². The summed E-state index contributed by atoms with van der Waals surface area (Å²) in [4.78, 5) is 18.5. The summed E-state index contributed by atoms with van der Waals surface area (Å²) in [5.41, 5.74) is 4.48. The van der Waals surface area contributed by atoms with E-state index in [-0.39, 0.29) is 30.2 Å². The molecule has 42 heavy (non-hydrogen) atoms. The zero-order chi connectivity index (χ0) is 29.5. The predicted octanol–water partition coefficient (Wildman–Crippen LogP) is 8.65. The van der Waals surface area contributed by atoms with Crippen molar-refractivity contribution in [3.63, 3.8) is 0 Å². The third kappa shape index (κ3) is 7.70. The molecule has 0 amide bonds. The molecule has 0 aliphatic rings. The van der Waals surface area contributed by atoms with Gasteiger partial charge in [-0.2, -0.15) is 0 Å². The van der Waals surface area contributed by atoms with Crippen molar-refractivity contribution in [2.24, 2.45) is 0 Å². The Balaban J connectivity index is 1.25. The molecule has 5 aromatic rings. The standard InChI is InChI=1S/C34H30F2N2O2S2/c1-2-13-37-21-24-4-3-5-25(15-24)33-20-30-34(42-33)32(12-14-38-30)40-31-11-8-23(18-29(31)36)17-28(41)19-27(39)16-22-6-9-26(35)10-7-22/h3-12,14-15,18,20,37H,2,13,16-17,19,21H2,1H3. The molecular weight excluding hydrogens is 571 g/mol. The molecule has 0 bridgehead atoms. The topological polar surface area (TPSA) is 51.2 Å². The first-order chi connectivity index (χ1) is 20.4. The molecule has 2 aromatic heterocycles. The van der Waals surface area contributed by atoms with Crippen LogP contribution in [-0.4, -0.2) is 22.2 Å². The molecule has 8 heteroatoms. The number of ether oxygens (including phenoxy) is 1. The van der Waals surface area contributed by atoms with Gasteiger partial charge in [0.15, 0.2) is 11.6 Å². The van der Waals surface area contributed by atoms with E-state index in [0.29, 0.717) is 22.6 Å². The summed E-state index contributed by atoms with van der Waals surface area (Å²) in [5, 5.41) is 3.43. The van der Waals surface area contributed by atoms with Crippen LogP contribution in [0.5, 0.6) is 11.5 Å². The molecule has 214 valence electrons. The second-order valence-electron chi connectivity index (χ2n) is 10.1. The molecule has 5 rings (SSSR count). The fourth-order valence-corrected chi connectivity index (χ4v) is 6.03. The van der Waals surface area contributed by atoms with Crippen LogP contribution in [0.25, 0.3) is 20.7 Å². The Bertz CT molecular complexity index is 1720. The number of thiophene rings is 1. The van der Waals surface area contributed by atoms with Crippen molar-refractivity contribution in [1.29, 1.82) is 0 Å². The molecule has 3 aromatic carbocycles. The maximum absolute atomic E-state index is 15.1. The van der Waals surface area contributed by atoms with E-state index in [1.165, 1.54) is 23.8 Å². The van der Waals surface area contributed by atoms with Crippen molar-refractivity contribution >= 4 is 44.4 Å². The number of hydrogen-bond donors (Lipinski definition) is 1. The number of pyridine rings is 1. The number of fused-ring (bicyclic) bond motifs is 1. The van der Waals surface area contributed by atoms with Gasteiger partial charge in [-0.15, -0.1) is 11.3 Å². The minimum atomic E-state index is -0.512. The van der Waals surface area contributed by atoms with Gasteiger partial charge < -0.3 is 10.1 Å². The van der Waals surface area contributed by atoms with Crippen molar-refractivity contribution in [3.05, 3.63) is 113 Å². The molecule has 0 fully saturated rings. The Morgan fingerprint density at radius 2 is 1.74 bits per heavy atom. The minimum absolute atomic E-state index is 0.0658. The van der Waals surface area contributed by atoms with Crippen LogP contribution in [0.3, 0.4) is 0 Å². The van der Waals surface area contributed by atoms with Crippen molar-refractivity contribution in [2.45, 2.75) is 39.2 Å². The first-order valence-corrected chi connectivity index (χ1v) is 15.0. The number of thiocarbonyl (C=S) groups is 1. The number of benzene rings is 3. The van der Waals surface area contributed by atoms with Gasteiger partial charge in [0, 0.05) is 47.8 Å². The van der Waals surface area contributed by atoms with Gasteiger partial charge in [0.05, 0.1) is 10.2 Å². The van der Waals surface area contributed by atoms with Gasteiger partial charge in [-0.3, -0.25) is 9.78 Å². The lowest BCUT2D eigenvalue weighted by Crippen LogP contribution is -2.13. The smallest absolute Gasteiger partial charge is 0.166 e. The molecule has 0 atom stereocenters. The average Bonchev–Trinajstić information content (AvgIpc) is 3.42. The van der Waals surface area contributed by atoms with Gasteiger partial charge in [0.25, 0.3) is 0 Å². The Hall–Kier alpha value is -3.85. The molecule has 4 nitrogen and oxygen atoms in total. The number of carbonyl (C=O) groups excluding carboxylic acids is 1. The molecule has 0 saturated carbocycles. The molecule has 0 aliphatic carbocycles. The van der Waals surface area contributed by atoms with E-state index in [1.807, 2.05) is 6.07 Å². The van der Waals surface area contributed by atoms with Crippen molar-refractivity contribution in [3.8, 4) is 21.9 Å². The molecule has 2 heterocycles. The molecule has 0 aliphatic heterocycles. The van der Waals surface area contributed by atoms with E-state index in [4.69, 9.17) is 17.0 Å². The van der Waals surface area contributed by atoms with Crippen LogP contribution in [0.4, 0.5) is 8.78 Å². The van der Waals surface area contributed by atoms with Gasteiger partial charge >= 0.3 is 0 Å². The van der Waals surface area contributed by atoms with E-state index in [2.05, 4.69) is 41.5 Å². The monoisotopic (exact) mass is 600 g/mol. The van der Waals surface area contributed by atoms with Crippen molar-refractivity contribution in [1.82, 2.24) is 10.3 Å². The Morgan fingerprint density at radius 3 is 2.52 bits per heavy atom. The average molecular weight is 601 g/mol. The second-order valence-corrected chi connectivity index (χ2v) is 11.7. The SMILES string of the molecule is CCCNCc1cccc(-c2cc3nccc(Oc4ccc(CC(=S)CC(=O)Cc5ccc(F)cc5)cc4F)c3s2)c1. The summed E-state index contributed by atoms with van der Waals surface area (Å²) in [6.07, 6.45) is 3.31.